The Hall–Kier alpha value is -0.733. The lowest BCUT2D eigenvalue weighted by molar-refractivity contribution is 0.513. The Labute approximate surface area is 97.9 Å². The van der Waals surface area contributed by atoms with Gasteiger partial charge in [0.25, 0.3) is 0 Å². The summed E-state index contributed by atoms with van der Waals surface area (Å²) in [5, 5.41) is 0.752. The van der Waals surface area contributed by atoms with Crippen molar-refractivity contribution in [2.45, 2.75) is 26.6 Å². The summed E-state index contributed by atoms with van der Waals surface area (Å²) in [6, 6.07) is 7.73. The number of allylic oxidation sites excluding steroid dienone is 1. The summed E-state index contributed by atoms with van der Waals surface area (Å²) in [5.74, 6) is 0.950. The molecule has 0 amide bonds. The molecule has 3 heteroatoms. The summed E-state index contributed by atoms with van der Waals surface area (Å²) in [6.07, 6.45) is 2.00. The molecule has 0 radical (unpaired) electrons. The van der Waals surface area contributed by atoms with Crippen LogP contribution in [0.15, 0.2) is 30.3 Å². The molecule has 0 unspecified atom stereocenters. The van der Waals surface area contributed by atoms with Crippen molar-refractivity contribution >= 4 is 25.7 Å². The highest BCUT2D eigenvalue weighted by atomic mass is 35.5. The predicted octanol–water partition coefficient (Wildman–Crippen LogP) is 4.55. The lowest BCUT2D eigenvalue weighted by Crippen LogP contribution is -2.24. The molecule has 0 aromatic heterocycles. The van der Waals surface area contributed by atoms with Crippen LogP contribution in [0.4, 0.5) is 0 Å². The summed E-state index contributed by atoms with van der Waals surface area (Å²) in [7, 11) is -1.54. The van der Waals surface area contributed by atoms with Gasteiger partial charge in [-0.25, -0.2) is 0 Å². The van der Waals surface area contributed by atoms with E-state index >= 15 is 0 Å². The zero-order chi connectivity index (χ0) is 11.5. The van der Waals surface area contributed by atoms with Crippen molar-refractivity contribution in [3.8, 4) is 0 Å². The summed E-state index contributed by atoms with van der Waals surface area (Å²) in [6.45, 7) is 8.51. The van der Waals surface area contributed by atoms with Gasteiger partial charge in [-0.1, -0.05) is 11.6 Å². The average Bonchev–Trinajstić information content (AvgIpc) is 2.14. The number of hydrogen-bond donors (Lipinski definition) is 0. The van der Waals surface area contributed by atoms with E-state index in [1.807, 2.05) is 37.3 Å². The van der Waals surface area contributed by atoms with Gasteiger partial charge in [0.15, 0.2) is 0 Å². The minimum Gasteiger partial charge on any atom is -0.544 e. The lowest BCUT2D eigenvalue weighted by Gasteiger charge is -2.21. The highest BCUT2D eigenvalue weighted by molar-refractivity contribution is 6.70. The van der Waals surface area contributed by atoms with E-state index in [4.69, 9.17) is 16.0 Å². The normalized spacial score (nSPS) is 12.7. The highest BCUT2D eigenvalue weighted by Gasteiger charge is 2.17. The van der Waals surface area contributed by atoms with Crippen LogP contribution in [0.5, 0.6) is 0 Å². The molecule has 82 valence electrons. The van der Waals surface area contributed by atoms with Gasteiger partial charge in [-0.2, -0.15) is 0 Å². The SMILES string of the molecule is CC=C(O[Si](C)(C)C)c1ccc(Cl)cc1. The van der Waals surface area contributed by atoms with Gasteiger partial charge in [-0.15, -0.1) is 0 Å². The van der Waals surface area contributed by atoms with Gasteiger partial charge in [0.2, 0.25) is 8.32 Å². The van der Waals surface area contributed by atoms with Crippen LogP contribution in [-0.4, -0.2) is 8.32 Å². The first kappa shape index (κ1) is 12.3. The van der Waals surface area contributed by atoms with Crippen molar-refractivity contribution < 1.29 is 4.43 Å². The second-order valence-corrected chi connectivity index (χ2v) is 9.24. The van der Waals surface area contributed by atoms with Crippen LogP contribution in [0.2, 0.25) is 24.7 Å². The second kappa shape index (κ2) is 4.86. The molecule has 0 aliphatic carbocycles. The number of hydrogen-bond acceptors (Lipinski definition) is 1. The molecule has 1 rings (SSSR count). The molecule has 0 N–H and O–H groups in total. The molecular formula is C12H17ClOSi. The van der Waals surface area contributed by atoms with E-state index in [2.05, 4.69) is 19.6 Å². The Kier molecular flexibility index (Phi) is 4.00. The molecular weight excluding hydrogens is 224 g/mol. The summed E-state index contributed by atoms with van der Waals surface area (Å²) < 4.78 is 5.97. The molecule has 0 saturated heterocycles. The van der Waals surface area contributed by atoms with Crippen molar-refractivity contribution in [3.05, 3.63) is 40.9 Å². The average molecular weight is 241 g/mol. The Morgan fingerprint density at radius 3 is 2.13 bits per heavy atom. The van der Waals surface area contributed by atoms with E-state index in [9.17, 15) is 0 Å². The monoisotopic (exact) mass is 240 g/mol. The molecule has 1 nitrogen and oxygen atoms in total. The Bertz CT molecular complexity index is 349. The molecule has 15 heavy (non-hydrogen) atoms. The van der Waals surface area contributed by atoms with E-state index < -0.39 is 8.32 Å². The molecule has 1 aromatic rings. The molecule has 0 heterocycles. The summed E-state index contributed by atoms with van der Waals surface area (Å²) in [4.78, 5) is 0. The fourth-order valence-electron chi connectivity index (χ4n) is 1.23. The maximum Gasteiger partial charge on any atom is 0.242 e. The molecule has 0 aliphatic rings. The molecule has 0 aliphatic heterocycles. The summed E-state index contributed by atoms with van der Waals surface area (Å²) >= 11 is 5.84. The fraction of sp³-hybridized carbons (Fsp3) is 0.333. The molecule has 1 aromatic carbocycles. The van der Waals surface area contributed by atoms with Gasteiger partial charge in [0.1, 0.15) is 5.76 Å². The van der Waals surface area contributed by atoms with Gasteiger partial charge in [0.05, 0.1) is 0 Å². The molecule has 0 atom stereocenters. The van der Waals surface area contributed by atoms with Crippen LogP contribution in [0.1, 0.15) is 12.5 Å². The highest BCUT2D eigenvalue weighted by Crippen LogP contribution is 2.22. The zero-order valence-corrected chi connectivity index (χ0v) is 11.4. The van der Waals surface area contributed by atoms with Gasteiger partial charge in [-0.3, -0.25) is 0 Å². The van der Waals surface area contributed by atoms with Gasteiger partial charge in [-0.05, 0) is 56.9 Å². The fourth-order valence-corrected chi connectivity index (χ4v) is 2.25. The predicted molar refractivity (Wildman–Crippen MR) is 69.5 cm³/mol. The van der Waals surface area contributed by atoms with Crippen LogP contribution < -0.4 is 0 Å². The van der Waals surface area contributed by atoms with Crippen molar-refractivity contribution in [1.82, 2.24) is 0 Å². The van der Waals surface area contributed by atoms with Gasteiger partial charge in [0, 0.05) is 10.6 Å². The van der Waals surface area contributed by atoms with Crippen molar-refractivity contribution in [3.63, 3.8) is 0 Å². The van der Waals surface area contributed by atoms with Crippen LogP contribution in [0, 0.1) is 0 Å². The molecule has 0 spiro atoms. The Morgan fingerprint density at radius 1 is 1.20 bits per heavy atom. The van der Waals surface area contributed by atoms with Crippen LogP contribution in [0.3, 0.4) is 0 Å². The van der Waals surface area contributed by atoms with Crippen molar-refractivity contribution in [2.75, 3.05) is 0 Å². The van der Waals surface area contributed by atoms with Gasteiger partial charge < -0.3 is 4.43 Å². The van der Waals surface area contributed by atoms with Gasteiger partial charge >= 0.3 is 0 Å². The van der Waals surface area contributed by atoms with E-state index in [-0.39, 0.29) is 0 Å². The Morgan fingerprint density at radius 2 is 1.73 bits per heavy atom. The number of rotatable bonds is 3. The minimum absolute atomic E-state index is 0.752. The third-order valence-corrected chi connectivity index (χ3v) is 2.89. The molecule has 0 bridgehead atoms. The van der Waals surface area contributed by atoms with E-state index in [1.54, 1.807) is 0 Å². The standard InChI is InChI=1S/C12H17ClOSi/c1-5-12(14-15(2,3)4)10-6-8-11(13)9-7-10/h5-9H,1-4H3. The smallest absolute Gasteiger partial charge is 0.242 e. The largest absolute Gasteiger partial charge is 0.544 e. The third-order valence-electron chi connectivity index (χ3n) is 1.81. The maximum atomic E-state index is 5.97. The maximum absolute atomic E-state index is 5.97. The molecule has 0 saturated carbocycles. The second-order valence-electron chi connectivity index (χ2n) is 4.37. The Balaban J connectivity index is 2.90. The first-order valence-corrected chi connectivity index (χ1v) is 8.82. The van der Waals surface area contributed by atoms with Crippen molar-refractivity contribution in [1.29, 1.82) is 0 Å². The first-order valence-electron chi connectivity index (χ1n) is 5.03. The lowest BCUT2D eigenvalue weighted by atomic mass is 10.2. The quantitative estimate of drug-likeness (QED) is 0.556. The van der Waals surface area contributed by atoms with E-state index in [0.29, 0.717) is 0 Å². The third kappa shape index (κ3) is 4.10. The van der Waals surface area contributed by atoms with Crippen LogP contribution in [0.25, 0.3) is 5.76 Å². The first-order chi connectivity index (χ1) is 6.92. The minimum atomic E-state index is -1.54. The number of halogens is 1. The summed E-state index contributed by atoms with van der Waals surface area (Å²) in [5.41, 5.74) is 1.09. The zero-order valence-electron chi connectivity index (χ0n) is 9.67. The van der Waals surface area contributed by atoms with Crippen LogP contribution in [-0.2, 0) is 4.43 Å². The van der Waals surface area contributed by atoms with Crippen LogP contribution >= 0.6 is 11.6 Å². The van der Waals surface area contributed by atoms with E-state index in [0.717, 1.165) is 16.3 Å². The molecule has 0 fully saturated rings. The van der Waals surface area contributed by atoms with Crippen molar-refractivity contribution in [2.24, 2.45) is 0 Å². The topological polar surface area (TPSA) is 9.23 Å². The number of benzene rings is 1. The van der Waals surface area contributed by atoms with E-state index in [1.165, 1.54) is 0 Å².